The first-order valence-electron chi connectivity index (χ1n) is 8.13. The van der Waals surface area contributed by atoms with Gasteiger partial charge in [-0.05, 0) is 42.2 Å². The van der Waals surface area contributed by atoms with E-state index in [0.29, 0.717) is 0 Å². The molecule has 2 aliphatic heterocycles. The van der Waals surface area contributed by atoms with Crippen LogP contribution >= 0.6 is 11.3 Å². The molecule has 0 bridgehead atoms. The number of carbonyl (C=O) groups is 1. The number of hydrogen-bond acceptors (Lipinski definition) is 4. The normalized spacial score (nSPS) is 24.4. The lowest BCUT2D eigenvalue weighted by molar-refractivity contribution is 0.0346. The fraction of sp³-hybridized carbons (Fsp3) is 0.688. The van der Waals surface area contributed by atoms with E-state index in [9.17, 15) is 4.79 Å². The van der Waals surface area contributed by atoms with Crippen LogP contribution in [0, 0.1) is 0 Å². The van der Waals surface area contributed by atoms with Crippen molar-refractivity contribution in [2.75, 3.05) is 39.4 Å². The Morgan fingerprint density at radius 1 is 1.45 bits per heavy atom. The summed E-state index contributed by atoms with van der Waals surface area (Å²) in [6.07, 6.45) is 2.16. The van der Waals surface area contributed by atoms with Gasteiger partial charge in [-0.25, -0.2) is 4.79 Å². The third-order valence-electron chi connectivity index (χ3n) is 4.45. The van der Waals surface area contributed by atoms with Gasteiger partial charge in [-0.1, -0.05) is 0 Å². The maximum Gasteiger partial charge on any atom is 0.318 e. The molecule has 0 aromatic carbocycles. The molecule has 2 unspecified atom stereocenters. The Morgan fingerprint density at radius 2 is 2.27 bits per heavy atom. The van der Waals surface area contributed by atoms with E-state index in [2.05, 4.69) is 34.0 Å². The maximum absolute atomic E-state index is 12.6. The summed E-state index contributed by atoms with van der Waals surface area (Å²) < 4.78 is 5.36. The molecule has 0 spiro atoms. The molecule has 1 aromatic heterocycles. The van der Waals surface area contributed by atoms with Crippen LogP contribution in [-0.2, 0) is 4.74 Å². The van der Waals surface area contributed by atoms with E-state index in [1.165, 1.54) is 5.56 Å². The molecule has 0 radical (unpaired) electrons. The molecule has 2 aliphatic rings. The predicted octanol–water partition coefficient (Wildman–Crippen LogP) is 2.32. The second-order valence-corrected chi connectivity index (χ2v) is 6.95. The zero-order valence-electron chi connectivity index (χ0n) is 13.2. The fourth-order valence-corrected chi connectivity index (χ4v) is 4.04. The standard InChI is InChI=1S/C16H25N3O2S/c1-13(11-18-6-8-21-9-7-18)17-16(20)19-5-2-3-15(19)14-4-10-22-12-14/h4,10,12-13,15H,2-3,5-9,11H2,1H3,(H,17,20). The van der Waals surface area contributed by atoms with Crippen LogP contribution in [-0.4, -0.2) is 61.3 Å². The Morgan fingerprint density at radius 3 is 3.00 bits per heavy atom. The highest BCUT2D eigenvalue weighted by atomic mass is 32.1. The van der Waals surface area contributed by atoms with Gasteiger partial charge in [0.2, 0.25) is 0 Å². The lowest BCUT2D eigenvalue weighted by Crippen LogP contribution is -2.49. The van der Waals surface area contributed by atoms with Gasteiger partial charge in [-0.2, -0.15) is 11.3 Å². The Kier molecular flexibility index (Phi) is 5.33. The summed E-state index contributed by atoms with van der Waals surface area (Å²) in [5.41, 5.74) is 1.28. The van der Waals surface area contributed by atoms with Gasteiger partial charge >= 0.3 is 6.03 Å². The number of nitrogens with zero attached hydrogens (tertiary/aromatic N) is 2. The molecule has 2 fully saturated rings. The van der Waals surface area contributed by atoms with Crippen molar-refractivity contribution in [1.82, 2.24) is 15.1 Å². The van der Waals surface area contributed by atoms with Crippen molar-refractivity contribution in [3.8, 4) is 0 Å². The molecule has 6 heteroatoms. The molecule has 122 valence electrons. The topological polar surface area (TPSA) is 44.8 Å². The second-order valence-electron chi connectivity index (χ2n) is 6.17. The molecule has 2 atom stereocenters. The number of rotatable bonds is 4. The molecule has 1 N–H and O–H groups in total. The first-order valence-corrected chi connectivity index (χ1v) is 9.07. The molecule has 3 heterocycles. The fourth-order valence-electron chi connectivity index (χ4n) is 3.33. The average molecular weight is 323 g/mol. The van der Waals surface area contributed by atoms with Crippen molar-refractivity contribution < 1.29 is 9.53 Å². The van der Waals surface area contributed by atoms with Gasteiger partial charge in [0.15, 0.2) is 0 Å². The first-order chi connectivity index (χ1) is 10.7. The number of urea groups is 1. The Labute approximate surface area is 136 Å². The molecule has 2 saturated heterocycles. The lowest BCUT2D eigenvalue weighted by Gasteiger charge is -2.31. The highest BCUT2D eigenvalue weighted by molar-refractivity contribution is 7.07. The van der Waals surface area contributed by atoms with Crippen molar-refractivity contribution >= 4 is 17.4 Å². The van der Waals surface area contributed by atoms with Crippen LogP contribution in [0.4, 0.5) is 4.79 Å². The molecule has 5 nitrogen and oxygen atoms in total. The van der Waals surface area contributed by atoms with Gasteiger partial charge < -0.3 is 15.0 Å². The van der Waals surface area contributed by atoms with E-state index < -0.39 is 0 Å². The summed E-state index contributed by atoms with van der Waals surface area (Å²) >= 11 is 1.70. The van der Waals surface area contributed by atoms with E-state index in [0.717, 1.165) is 52.2 Å². The van der Waals surface area contributed by atoms with E-state index in [1.54, 1.807) is 11.3 Å². The van der Waals surface area contributed by atoms with Crippen LogP contribution in [0.15, 0.2) is 16.8 Å². The number of nitrogens with one attached hydrogen (secondary N) is 1. The van der Waals surface area contributed by atoms with Gasteiger partial charge in [-0.3, -0.25) is 4.90 Å². The van der Waals surface area contributed by atoms with Gasteiger partial charge in [0.05, 0.1) is 19.3 Å². The number of likely N-dealkylation sites (tertiary alicyclic amines) is 1. The zero-order chi connectivity index (χ0) is 15.4. The largest absolute Gasteiger partial charge is 0.379 e. The Hall–Kier alpha value is -1.11. The molecule has 0 saturated carbocycles. The molecule has 22 heavy (non-hydrogen) atoms. The van der Waals surface area contributed by atoms with Gasteiger partial charge in [0.1, 0.15) is 0 Å². The SMILES string of the molecule is CC(CN1CCOCC1)NC(=O)N1CCCC1c1ccsc1. The minimum absolute atomic E-state index is 0.0782. The summed E-state index contributed by atoms with van der Waals surface area (Å²) in [7, 11) is 0. The van der Waals surface area contributed by atoms with E-state index in [-0.39, 0.29) is 18.1 Å². The molecular formula is C16H25N3O2S. The maximum atomic E-state index is 12.6. The minimum Gasteiger partial charge on any atom is -0.379 e. The van der Waals surface area contributed by atoms with Crippen LogP contribution in [0.2, 0.25) is 0 Å². The van der Waals surface area contributed by atoms with Gasteiger partial charge in [0.25, 0.3) is 0 Å². The average Bonchev–Trinajstić information content (AvgIpc) is 3.19. The highest BCUT2D eigenvalue weighted by Crippen LogP contribution is 2.32. The van der Waals surface area contributed by atoms with Crippen molar-refractivity contribution in [3.05, 3.63) is 22.4 Å². The number of amides is 2. The minimum atomic E-state index is 0.0782. The number of ether oxygens (including phenoxy) is 1. The quantitative estimate of drug-likeness (QED) is 0.925. The smallest absolute Gasteiger partial charge is 0.318 e. The highest BCUT2D eigenvalue weighted by Gasteiger charge is 2.30. The molecule has 0 aliphatic carbocycles. The van der Waals surface area contributed by atoms with Crippen LogP contribution in [0.25, 0.3) is 0 Å². The Balaban J connectivity index is 1.52. The van der Waals surface area contributed by atoms with Crippen molar-refractivity contribution in [3.63, 3.8) is 0 Å². The molecule has 1 aromatic rings. The van der Waals surface area contributed by atoms with E-state index in [4.69, 9.17) is 4.74 Å². The van der Waals surface area contributed by atoms with Crippen LogP contribution < -0.4 is 5.32 Å². The molecular weight excluding hydrogens is 298 g/mol. The number of morpholine rings is 1. The summed E-state index contributed by atoms with van der Waals surface area (Å²) in [6.45, 7) is 7.36. The summed E-state index contributed by atoms with van der Waals surface area (Å²) in [6, 6.07) is 2.63. The predicted molar refractivity (Wildman–Crippen MR) is 88.3 cm³/mol. The van der Waals surface area contributed by atoms with Crippen molar-refractivity contribution in [1.29, 1.82) is 0 Å². The zero-order valence-corrected chi connectivity index (χ0v) is 14.0. The van der Waals surface area contributed by atoms with Gasteiger partial charge in [-0.15, -0.1) is 0 Å². The third kappa shape index (κ3) is 3.80. The number of thiophene rings is 1. The molecule has 2 amide bonds. The number of carbonyl (C=O) groups excluding carboxylic acids is 1. The van der Waals surface area contributed by atoms with Crippen molar-refractivity contribution in [2.24, 2.45) is 0 Å². The lowest BCUT2D eigenvalue weighted by atomic mass is 10.1. The van der Waals surface area contributed by atoms with Crippen LogP contribution in [0.1, 0.15) is 31.4 Å². The van der Waals surface area contributed by atoms with E-state index in [1.807, 2.05) is 4.90 Å². The summed E-state index contributed by atoms with van der Waals surface area (Å²) in [4.78, 5) is 16.9. The monoisotopic (exact) mass is 323 g/mol. The number of hydrogen-bond donors (Lipinski definition) is 1. The van der Waals surface area contributed by atoms with Gasteiger partial charge in [0, 0.05) is 32.2 Å². The first kappa shape index (κ1) is 15.8. The van der Waals surface area contributed by atoms with Crippen molar-refractivity contribution in [2.45, 2.75) is 31.8 Å². The summed E-state index contributed by atoms with van der Waals surface area (Å²) in [5.74, 6) is 0. The van der Waals surface area contributed by atoms with E-state index >= 15 is 0 Å². The second kappa shape index (κ2) is 7.44. The summed E-state index contributed by atoms with van der Waals surface area (Å²) in [5, 5.41) is 7.42. The third-order valence-corrected chi connectivity index (χ3v) is 5.15. The van der Waals surface area contributed by atoms with Crippen LogP contribution in [0.3, 0.4) is 0 Å². The molecule has 3 rings (SSSR count). The van der Waals surface area contributed by atoms with Crippen LogP contribution in [0.5, 0.6) is 0 Å². The Bertz CT molecular complexity index is 474.